The summed E-state index contributed by atoms with van der Waals surface area (Å²) in [6.45, 7) is 2.87. The minimum Gasteiger partial charge on any atom is -0.361 e. The van der Waals surface area contributed by atoms with Gasteiger partial charge in [0.2, 0.25) is 0 Å². The Kier molecular flexibility index (Phi) is 2.95. The molecule has 2 rings (SSSR count). The molecule has 0 saturated carbocycles. The van der Waals surface area contributed by atoms with Gasteiger partial charge < -0.3 is 4.52 Å². The summed E-state index contributed by atoms with van der Waals surface area (Å²) >= 11 is 3.56. The third-order valence-corrected chi connectivity index (χ3v) is 3.86. The van der Waals surface area contributed by atoms with Crippen LogP contribution in [0.25, 0.3) is 0 Å². The molecule has 0 fully saturated rings. The highest BCUT2D eigenvalue weighted by Gasteiger charge is 2.09. The summed E-state index contributed by atoms with van der Waals surface area (Å²) in [5.74, 6) is 2.86. The molecular formula is C8H10N2OS2. The molecule has 0 aliphatic carbocycles. The molecule has 1 aliphatic rings. The fourth-order valence-corrected chi connectivity index (χ4v) is 2.91. The number of hydrogen-bond acceptors (Lipinski definition) is 5. The van der Waals surface area contributed by atoms with Gasteiger partial charge in [-0.15, -0.1) is 0 Å². The van der Waals surface area contributed by atoms with E-state index in [1.807, 2.05) is 24.8 Å². The van der Waals surface area contributed by atoms with Gasteiger partial charge in [-0.3, -0.25) is 4.99 Å². The molecule has 70 valence electrons. The van der Waals surface area contributed by atoms with E-state index in [1.54, 1.807) is 11.8 Å². The second-order valence-electron chi connectivity index (χ2n) is 2.71. The second-order valence-corrected chi connectivity index (χ2v) is 5.02. The molecule has 0 aromatic carbocycles. The molecule has 0 atom stereocenters. The van der Waals surface area contributed by atoms with E-state index >= 15 is 0 Å². The molecule has 2 heterocycles. The van der Waals surface area contributed by atoms with Crippen molar-refractivity contribution in [3.8, 4) is 0 Å². The Bertz CT molecular complexity index is 322. The fourth-order valence-electron chi connectivity index (χ4n) is 1.02. The van der Waals surface area contributed by atoms with E-state index in [4.69, 9.17) is 4.52 Å². The summed E-state index contributed by atoms with van der Waals surface area (Å²) in [6.07, 6.45) is 0. The largest absolute Gasteiger partial charge is 0.361 e. The highest BCUT2D eigenvalue weighted by atomic mass is 32.2. The predicted octanol–water partition coefficient (Wildman–Crippen LogP) is 2.32. The first-order valence-electron chi connectivity index (χ1n) is 4.07. The van der Waals surface area contributed by atoms with Gasteiger partial charge in [0.1, 0.15) is 10.1 Å². The maximum absolute atomic E-state index is 4.97. The van der Waals surface area contributed by atoms with E-state index in [0.717, 1.165) is 29.5 Å². The SMILES string of the molecule is Cc1cc(CSC2=NCCS2)no1. The van der Waals surface area contributed by atoms with Crippen LogP contribution in [0.2, 0.25) is 0 Å². The van der Waals surface area contributed by atoms with E-state index in [-0.39, 0.29) is 0 Å². The standard InChI is InChI=1S/C8H10N2OS2/c1-6-4-7(10-11-6)5-13-8-9-2-3-12-8/h4H,2-3,5H2,1H3. The van der Waals surface area contributed by atoms with E-state index in [2.05, 4.69) is 10.1 Å². The molecular weight excluding hydrogens is 204 g/mol. The van der Waals surface area contributed by atoms with Crippen LogP contribution in [0.5, 0.6) is 0 Å². The Morgan fingerprint density at radius 3 is 3.23 bits per heavy atom. The summed E-state index contributed by atoms with van der Waals surface area (Å²) in [5.41, 5.74) is 0.998. The molecule has 0 unspecified atom stereocenters. The van der Waals surface area contributed by atoms with Crippen LogP contribution >= 0.6 is 23.5 Å². The van der Waals surface area contributed by atoms with Gasteiger partial charge in [0.25, 0.3) is 0 Å². The van der Waals surface area contributed by atoms with Crippen LogP contribution in [-0.4, -0.2) is 21.8 Å². The number of aliphatic imine (C=N–C) groups is 1. The minimum atomic E-state index is 0.864. The fraction of sp³-hybridized carbons (Fsp3) is 0.500. The molecule has 1 aromatic heterocycles. The molecule has 0 N–H and O–H groups in total. The van der Waals surface area contributed by atoms with Crippen molar-refractivity contribution in [1.29, 1.82) is 0 Å². The average molecular weight is 214 g/mol. The lowest BCUT2D eigenvalue weighted by Gasteiger charge is -1.94. The molecule has 0 spiro atoms. The first-order chi connectivity index (χ1) is 6.34. The zero-order valence-corrected chi connectivity index (χ0v) is 8.95. The lowest BCUT2D eigenvalue weighted by Crippen LogP contribution is -1.84. The van der Waals surface area contributed by atoms with Gasteiger partial charge in [0, 0.05) is 17.6 Å². The average Bonchev–Trinajstić information content (AvgIpc) is 2.71. The van der Waals surface area contributed by atoms with Crippen LogP contribution in [0.4, 0.5) is 0 Å². The zero-order chi connectivity index (χ0) is 9.10. The molecule has 3 nitrogen and oxygen atoms in total. The van der Waals surface area contributed by atoms with Crippen molar-refractivity contribution in [3.63, 3.8) is 0 Å². The van der Waals surface area contributed by atoms with Crippen molar-refractivity contribution in [2.24, 2.45) is 4.99 Å². The Morgan fingerprint density at radius 2 is 2.62 bits per heavy atom. The van der Waals surface area contributed by atoms with Crippen LogP contribution in [0, 0.1) is 6.92 Å². The number of hydrogen-bond donors (Lipinski definition) is 0. The second kappa shape index (κ2) is 4.19. The van der Waals surface area contributed by atoms with Gasteiger partial charge >= 0.3 is 0 Å². The van der Waals surface area contributed by atoms with Crippen molar-refractivity contribution in [2.75, 3.05) is 12.3 Å². The van der Waals surface area contributed by atoms with E-state index in [9.17, 15) is 0 Å². The number of rotatable bonds is 2. The van der Waals surface area contributed by atoms with Crippen molar-refractivity contribution in [2.45, 2.75) is 12.7 Å². The Morgan fingerprint density at radius 1 is 1.69 bits per heavy atom. The topological polar surface area (TPSA) is 38.4 Å². The van der Waals surface area contributed by atoms with Crippen molar-refractivity contribution >= 4 is 27.9 Å². The third-order valence-electron chi connectivity index (χ3n) is 1.58. The van der Waals surface area contributed by atoms with Gasteiger partial charge in [0.05, 0.1) is 12.2 Å². The lowest BCUT2D eigenvalue weighted by molar-refractivity contribution is 0.393. The highest BCUT2D eigenvalue weighted by Crippen LogP contribution is 2.24. The van der Waals surface area contributed by atoms with Gasteiger partial charge in [-0.2, -0.15) is 0 Å². The van der Waals surface area contributed by atoms with Gasteiger partial charge in [-0.1, -0.05) is 28.7 Å². The summed E-state index contributed by atoms with van der Waals surface area (Å²) in [6, 6.07) is 1.97. The smallest absolute Gasteiger partial charge is 0.133 e. The number of aromatic nitrogens is 1. The summed E-state index contributed by atoms with van der Waals surface area (Å²) in [7, 11) is 0. The highest BCUT2D eigenvalue weighted by molar-refractivity contribution is 8.38. The summed E-state index contributed by atoms with van der Waals surface area (Å²) in [5, 5.41) is 3.92. The molecule has 1 aliphatic heterocycles. The van der Waals surface area contributed by atoms with Gasteiger partial charge in [-0.25, -0.2) is 0 Å². The zero-order valence-electron chi connectivity index (χ0n) is 7.32. The molecule has 0 bridgehead atoms. The molecule has 0 saturated heterocycles. The molecule has 0 radical (unpaired) electrons. The minimum absolute atomic E-state index is 0.864. The number of nitrogens with zero attached hydrogens (tertiary/aromatic N) is 2. The maximum Gasteiger partial charge on any atom is 0.133 e. The van der Waals surface area contributed by atoms with Crippen molar-refractivity contribution in [1.82, 2.24) is 5.16 Å². The van der Waals surface area contributed by atoms with E-state index < -0.39 is 0 Å². The van der Waals surface area contributed by atoms with Crippen molar-refractivity contribution < 1.29 is 4.52 Å². The Hall–Kier alpha value is -0.420. The van der Waals surface area contributed by atoms with Crippen LogP contribution in [0.1, 0.15) is 11.5 Å². The normalized spacial score (nSPS) is 16.2. The molecule has 1 aromatic rings. The van der Waals surface area contributed by atoms with E-state index in [1.165, 1.54) is 4.38 Å². The molecule has 5 heteroatoms. The quantitative estimate of drug-likeness (QED) is 0.757. The predicted molar refractivity (Wildman–Crippen MR) is 57.3 cm³/mol. The lowest BCUT2D eigenvalue weighted by atomic mass is 10.4. The number of aryl methyl sites for hydroxylation is 1. The van der Waals surface area contributed by atoms with Gasteiger partial charge in [0.15, 0.2) is 0 Å². The molecule has 0 amide bonds. The first kappa shape index (κ1) is 9.15. The van der Waals surface area contributed by atoms with Crippen LogP contribution < -0.4 is 0 Å². The van der Waals surface area contributed by atoms with E-state index in [0.29, 0.717) is 0 Å². The van der Waals surface area contributed by atoms with Crippen LogP contribution in [0.3, 0.4) is 0 Å². The monoisotopic (exact) mass is 214 g/mol. The third kappa shape index (κ3) is 2.51. The molecule has 13 heavy (non-hydrogen) atoms. The van der Waals surface area contributed by atoms with Crippen molar-refractivity contribution in [3.05, 3.63) is 17.5 Å². The van der Waals surface area contributed by atoms with Crippen LogP contribution in [0.15, 0.2) is 15.6 Å². The summed E-state index contributed by atoms with van der Waals surface area (Å²) in [4.78, 5) is 4.34. The Labute approximate surface area is 85.4 Å². The van der Waals surface area contributed by atoms with Crippen LogP contribution in [-0.2, 0) is 5.75 Å². The Balaban J connectivity index is 1.85. The first-order valence-corrected chi connectivity index (χ1v) is 6.04. The summed E-state index contributed by atoms with van der Waals surface area (Å²) < 4.78 is 6.15. The number of thioether (sulfide) groups is 2. The van der Waals surface area contributed by atoms with Gasteiger partial charge in [-0.05, 0) is 6.92 Å². The maximum atomic E-state index is 4.97.